The van der Waals surface area contributed by atoms with Crippen LogP contribution in [0.5, 0.6) is 0 Å². The summed E-state index contributed by atoms with van der Waals surface area (Å²) in [5, 5.41) is 0. The third-order valence-corrected chi connectivity index (χ3v) is 3.74. The van der Waals surface area contributed by atoms with Gasteiger partial charge in [-0.25, -0.2) is 0 Å². The molecule has 2 bridgehead atoms. The van der Waals surface area contributed by atoms with Crippen molar-refractivity contribution in [2.45, 2.75) is 13.3 Å². The number of allylic oxidation sites excluding steroid dienone is 1. The predicted molar refractivity (Wildman–Crippen MR) is 48.4 cm³/mol. The largest absolute Gasteiger partial charge is 0.392 e. The van der Waals surface area contributed by atoms with E-state index in [1.54, 1.807) is 0 Å². The molecule has 78 valence electrons. The van der Waals surface area contributed by atoms with E-state index in [1.165, 1.54) is 6.92 Å². The fourth-order valence-corrected chi connectivity index (χ4v) is 3.14. The Bertz CT molecular complexity index is 420. The first kappa shape index (κ1) is 8.83. The summed E-state index contributed by atoms with van der Waals surface area (Å²) in [6.45, 7) is 1.53. The lowest BCUT2D eigenvalue weighted by molar-refractivity contribution is -0.154. The molecule has 0 N–H and O–H groups in total. The fraction of sp³-hybridized carbons (Fsp3) is 0.545. The molecule has 0 spiro atoms. The van der Waals surface area contributed by atoms with Gasteiger partial charge in [0, 0.05) is 5.92 Å². The molecular weight excluding hydrogens is 196 g/mol. The molecule has 2 fully saturated rings. The van der Waals surface area contributed by atoms with E-state index in [9.17, 15) is 14.4 Å². The van der Waals surface area contributed by atoms with Crippen LogP contribution in [0.1, 0.15) is 13.3 Å². The number of esters is 2. The highest BCUT2D eigenvalue weighted by Gasteiger charge is 2.60. The monoisotopic (exact) mass is 206 g/mol. The quantitative estimate of drug-likeness (QED) is 0.355. The Morgan fingerprint density at radius 1 is 1.40 bits per heavy atom. The number of rotatable bonds is 1. The minimum atomic E-state index is -0.440. The first-order valence-electron chi connectivity index (χ1n) is 5.06. The normalized spacial score (nSPS) is 41.5. The number of cyclic esters (lactones) is 2. The van der Waals surface area contributed by atoms with Crippen molar-refractivity contribution in [3.8, 4) is 0 Å². The summed E-state index contributed by atoms with van der Waals surface area (Å²) in [5.41, 5.74) is 0.932. The van der Waals surface area contributed by atoms with E-state index in [2.05, 4.69) is 4.74 Å². The highest BCUT2D eigenvalue weighted by atomic mass is 16.6. The Labute approximate surface area is 86.3 Å². The van der Waals surface area contributed by atoms with Crippen LogP contribution in [0.25, 0.3) is 0 Å². The molecule has 1 saturated carbocycles. The van der Waals surface area contributed by atoms with E-state index >= 15 is 0 Å². The molecule has 0 radical (unpaired) electrons. The Balaban J connectivity index is 2.04. The van der Waals surface area contributed by atoms with Crippen LogP contribution in [0.3, 0.4) is 0 Å². The number of ether oxygens (including phenoxy) is 1. The molecule has 0 amide bonds. The molecule has 0 aromatic heterocycles. The summed E-state index contributed by atoms with van der Waals surface area (Å²) in [5.74, 6) is -1.77. The van der Waals surface area contributed by atoms with Crippen LogP contribution < -0.4 is 0 Å². The van der Waals surface area contributed by atoms with Crippen molar-refractivity contribution in [3.63, 3.8) is 0 Å². The maximum Gasteiger partial charge on any atom is 0.321 e. The van der Waals surface area contributed by atoms with Crippen molar-refractivity contribution < 1.29 is 19.1 Å². The SMILES string of the molecule is CC(=O)C1C=C2CC1C1C(=O)OC(=O)C21. The minimum absolute atomic E-state index is 0.0264. The highest BCUT2D eigenvalue weighted by molar-refractivity contribution is 6.00. The van der Waals surface area contributed by atoms with Gasteiger partial charge in [0.25, 0.3) is 0 Å². The average Bonchev–Trinajstić information content (AvgIpc) is 2.77. The lowest BCUT2D eigenvalue weighted by Gasteiger charge is -2.20. The standard InChI is InChI=1S/C11H10O4/c1-4(12)6-2-5-3-7(6)9-8(5)10(13)15-11(9)14/h2,6-9H,3H2,1H3. The summed E-state index contributed by atoms with van der Waals surface area (Å²) < 4.78 is 4.61. The molecule has 1 heterocycles. The highest BCUT2D eigenvalue weighted by Crippen LogP contribution is 2.54. The van der Waals surface area contributed by atoms with Gasteiger partial charge in [-0.05, 0) is 19.3 Å². The van der Waals surface area contributed by atoms with Gasteiger partial charge in [0.05, 0.1) is 11.8 Å². The summed E-state index contributed by atoms with van der Waals surface area (Å²) in [6.07, 6.45) is 2.56. The van der Waals surface area contributed by atoms with Crippen molar-refractivity contribution in [3.05, 3.63) is 11.6 Å². The number of ketones is 1. The van der Waals surface area contributed by atoms with Crippen molar-refractivity contribution in [2.75, 3.05) is 0 Å². The third kappa shape index (κ3) is 0.940. The lowest BCUT2D eigenvalue weighted by Crippen LogP contribution is -2.29. The molecule has 0 aromatic rings. The smallest absolute Gasteiger partial charge is 0.321 e. The van der Waals surface area contributed by atoms with Crippen molar-refractivity contribution in [2.24, 2.45) is 23.7 Å². The third-order valence-electron chi connectivity index (χ3n) is 3.74. The van der Waals surface area contributed by atoms with Gasteiger partial charge in [0.2, 0.25) is 0 Å². The van der Waals surface area contributed by atoms with E-state index < -0.39 is 11.9 Å². The zero-order valence-corrected chi connectivity index (χ0v) is 8.23. The summed E-state index contributed by atoms with van der Waals surface area (Å²) in [4.78, 5) is 34.1. The maximum absolute atomic E-state index is 11.4. The van der Waals surface area contributed by atoms with Gasteiger partial charge in [0.1, 0.15) is 5.78 Å². The molecule has 1 saturated heterocycles. The molecular formula is C11H10O4. The minimum Gasteiger partial charge on any atom is -0.392 e. The molecule has 4 unspecified atom stereocenters. The van der Waals surface area contributed by atoms with Crippen LogP contribution in [0.15, 0.2) is 11.6 Å². The van der Waals surface area contributed by atoms with Crippen molar-refractivity contribution >= 4 is 17.7 Å². The molecule has 15 heavy (non-hydrogen) atoms. The van der Waals surface area contributed by atoms with Gasteiger partial charge in [-0.1, -0.05) is 11.6 Å². The first-order valence-corrected chi connectivity index (χ1v) is 5.06. The van der Waals surface area contributed by atoms with E-state index in [0.717, 1.165) is 5.57 Å². The van der Waals surface area contributed by atoms with Crippen molar-refractivity contribution in [1.82, 2.24) is 0 Å². The zero-order chi connectivity index (χ0) is 10.7. The summed E-state index contributed by atoms with van der Waals surface area (Å²) >= 11 is 0. The van der Waals surface area contributed by atoms with Gasteiger partial charge < -0.3 is 4.74 Å². The Hall–Kier alpha value is -1.45. The van der Waals surface area contributed by atoms with Gasteiger partial charge in [0.15, 0.2) is 0 Å². The molecule has 4 atom stereocenters. The number of Topliss-reactive ketones (excluding diaryl/α,β-unsaturated/α-hetero) is 1. The van der Waals surface area contributed by atoms with E-state index in [1.807, 2.05) is 6.08 Å². The second kappa shape index (κ2) is 2.56. The van der Waals surface area contributed by atoms with Crippen LogP contribution in [0.2, 0.25) is 0 Å². The topological polar surface area (TPSA) is 60.4 Å². The first-order chi connectivity index (χ1) is 7.09. The molecule has 3 aliphatic rings. The molecule has 1 aliphatic heterocycles. The average molecular weight is 206 g/mol. The summed E-state index contributed by atoms with van der Waals surface area (Å²) in [7, 11) is 0. The lowest BCUT2D eigenvalue weighted by atomic mass is 9.78. The number of fused-ring (bicyclic) bond motifs is 5. The second-order valence-electron chi connectivity index (χ2n) is 4.49. The summed E-state index contributed by atoms with van der Waals surface area (Å²) in [6, 6.07) is 0. The number of carbonyl (C=O) groups is 3. The molecule has 3 rings (SSSR count). The van der Waals surface area contributed by atoms with Crippen molar-refractivity contribution in [1.29, 1.82) is 0 Å². The Morgan fingerprint density at radius 2 is 2.13 bits per heavy atom. The Morgan fingerprint density at radius 3 is 2.80 bits per heavy atom. The van der Waals surface area contributed by atoms with E-state index in [0.29, 0.717) is 6.42 Å². The van der Waals surface area contributed by atoms with Crippen LogP contribution in [-0.2, 0) is 19.1 Å². The van der Waals surface area contributed by atoms with Gasteiger partial charge in [-0.15, -0.1) is 0 Å². The predicted octanol–water partition coefficient (Wildman–Crippen LogP) is 0.467. The van der Waals surface area contributed by atoms with Gasteiger partial charge >= 0.3 is 11.9 Å². The zero-order valence-electron chi connectivity index (χ0n) is 8.23. The van der Waals surface area contributed by atoms with Gasteiger partial charge in [-0.2, -0.15) is 0 Å². The van der Waals surface area contributed by atoms with E-state index in [-0.39, 0.29) is 29.5 Å². The van der Waals surface area contributed by atoms with E-state index in [4.69, 9.17) is 0 Å². The number of carbonyl (C=O) groups excluding carboxylic acids is 3. The van der Waals surface area contributed by atoms with Crippen LogP contribution in [0.4, 0.5) is 0 Å². The maximum atomic E-state index is 11.4. The molecule has 0 aromatic carbocycles. The molecule has 4 heteroatoms. The number of hydrogen-bond acceptors (Lipinski definition) is 4. The van der Waals surface area contributed by atoms with Crippen LogP contribution >= 0.6 is 0 Å². The fourth-order valence-electron chi connectivity index (χ4n) is 3.14. The van der Waals surface area contributed by atoms with Crippen LogP contribution in [0, 0.1) is 23.7 Å². The number of hydrogen-bond donors (Lipinski definition) is 0. The molecule has 2 aliphatic carbocycles. The second-order valence-corrected chi connectivity index (χ2v) is 4.49. The Kier molecular flexibility index (Phi) is 1.51. The van der Waals surface area contributed by atoms with Crippen LogP contribution in [-0.4, -0.2) is 17.7 Å². The van der Waals surface area contributed by atoms with Gasteiger partial charge in [-0.3, -0.25) is 14.4 Å². The molecule has 4 nitrogen and oxygen atoms in total.